The molecule has 0 bridgehead atoms. The van der Waals surface area contributed by atoms with Crippen molar-refractivity contribution in [3.63, 3.8) is 0 Å². The molecule has 1 aliphatic carbocycles. The molecule has 0 spiro atoms. The Bertz CT molecular complexity index is 994. The number of Topliss-reactive ketones (excluding diaryl/α,β-unsaturated/α-hetero) is 1. The first-order chi connectivity index (χ1) is 12.4. The number of carbonyl (C=O) groups excluding carboxylic acids is 2. The lowest BCUT2D eigenvalue weighted by atomic mass is 9.92. The Morgan fingerprint density at radius 1 is 0.923 bits per heavy atom. The smallest absolute Gasteiger partial charge is 0.240 e. The summed E-state index contributed by atoms with van der Waals surface area (Å²) < 4.78 is 26.2. The van der Waals surface area contributed by atoms with Crippen molar-refractivity contribution in [2.45, 2.75) is 4.90 Å². The van der Waals surface area contributed by atoms with E-state index in [2.05, 4.69) is 10.0 Å². The Kier molecular flexibility index (Phi) is 4.99. The van der Waals surface area contributed by atoms with Gasteiger partial charge in [0.1, 0.15) is 0 Å². The third kappa shape index (κ3) is 3.57. The third-order valence-corrected chi connectivity index (χ3v) is 5.28. The Balaban J connectivity index is 1.80. The van der Waals surface area contributed by atoms with Crippen LogP contribution < -0.4 is 10.0 Å². The first-order valence-corrected chi connectivity index (χ1v) is 9.28. The van der Waals surface area contributed by atoms with E-state index < -0.39 is 10.0 Å². The molecule has 1 aliphatic rings. The number of hydrogen-bond donors (Lipinski definition) is 3. The molecule has 0 amide bonds. The predicted molar refractivity (Wildman–Crippen MR) is 95.5 cm³/mol. The maximum Gasteiger partial charge on any atom is 0.240 e. The average molecular weight is 372 g/mol. The summed E-state index contributed by atoms with van der Waals surface area (Å²) in [4.78, 5) is 24.7. The number of aliphatic hydroxyl groups is 1. The second kappa shape index (κ2) is 7.20. The van der Waals surface area contributed by atoms with E-state index in [1.54, 1.807) is 24.3 Å². The molecule has 0 saturated carbocycles. The van der Waals surface area contributed by atoms with E-state index in [9.17, 15) is 18.0 Å². The third-order valence-electron chi connectivity index (χ3n) is 3.80. The second-order valence-electron chi connectivity index (χ2n) is 5.57. The molecule has 8 heteroatoms. The van der Waals surface area contributed by atoms with E-state index in [1.165, 1.54) is 30.3 Å². The summed E-state index contributed by atoms with van der Waals surface area (Å²) >= 11 is 0. The van der Waals surface area contributed by atoms with Gasteiger partial charge in [0.15, 0.2) is 5.78 Å². The van der Waals surface area contributed by atoms with Crippen molar-refractivity contribution in [2.75, 3.05) is 18.5 Å². The van der Waals surface area contributed by atoms with E-state index in [1.807, 2.05) is 0 Å². The molecule has 0 unspecified atom stereocenters. The zero-order valence-electron chi connectivity index (χ0n) is 13.6. The fraction of sp³-hybridized carbons (Fsp3) is 0.111. The molecule has 3 rings (SSSR count). The van der Waals surface area contributed by atoms with Crippen LogP contribution in [0.2, 0.25) is 0 Å². The van der Waals surface area contributed by atoms with Crippen LogP contribution in [0, 0.1) is 0 Å². The lowest BCUT2D eigenvalue weighted by Crippen LogP contribution is -2.26. The fourth-order valence-corrected chi connectivity index (χ4v) is 3.57. The molecular formula is C18H16N2O5S. The highest BCUT2D eigenvalue weighted by Crippen LogP contribution is 2.23. The number of anilines is 1. The van der Waals surface area contributed by atoms with Crippen molar-refractivity contribution in [3.05, 3.63) is 71.4 Å². The minimum atomic E-state index is -3.71. The number of sulfonamides is 1. The van der Waals surface area contributed by atoms with Crippen LogP contribution in [0.5, 0.6) is 0 Å². The largest absolute Gasteiger partial charge is 0.395 e. The number of allylic oxidation sites excluding steroid dienone is 2. The predicted octanol–water partition coefficient (Wildman–Crippen LogP) is 1.33. The standard InChI is InChI=1S/C18H16N2O5S/c21-10-9-19-26(24,25)13-7-5-12(6-8-13)20-16-11-17(22)14-3-1-2-4-15(14)18(16)23/h1-8,11,19-21H,9-10H2. The van der Waals surface area contributed by atoms with Crippen molar-refractivity contribution in [2.24, 2.45) is 0 Å². The Morgan fingerprint density at radius 3 is 2.23 bits per heavy atom. The summed E-state index contributed by atoms with van der Waals surface area (Å²) in [6.45, 7) is -0.379. The minimum Gasteiger partial charge on any atom is -0.395 e. The van der Waals surface area contributed by atoms with Crippen molar-refractivity contribution >= 4 is 27.3 Å². The van der Waals surface area contributed by atoms with Crippen molar-refractivity contribution in [1.82, 2.24) is 4.72 Å². The van der Waals surface area contributed by atoms with Gasteiger partial charge in [0, 0.05) is 29.4 Å². The van der Waals surface area contributed by atoms with Crippen LogP contribution in [0.4, 0.5) is 5.69 Å². The zero-order valence-corrected chi connectivity index (χ0v) is 14.4. The van der Waals surface area contributed by atoms with Gasteiger partial charge in [0.2, 0.25) is 15.8 Å². The molecule has 2 aromatic carbocycles. The number of nitrogens with one attached hydrogen (secondary N) is 2. The second-order valence-corrected chi connectivity index (χ2v) is 7.33. The summed E-state index contributed by atoms with van der Waals surface area (Å²) in [5.74, 6) is -0.573. The molecular weight excluding hydrogens is 356 g/mol. The summed E-state index contributed by atoms with van der Waals surface area (Å²) in [6.07, 6.45) is 1.23. The van der Waals surface area contributed by atoms with E-state index in [-0.39, 0.29) is 35.3 Å². The number of aliphatic hydroxyl groups excluding tert-OH is 1. The average Bonchev–Trinajstić information content (AvgIpc) is 2.65. The van der Waals surface area contributed by atoms with E-state index in [0.29, 0.717) is 16.8 Å². The maximum atomic E-state index is 12.5. The normalized spacial score (nSPS) is 14.0. The lowest BCUT2D eigenvalue weighted by molar-refractivity contribution is 0.0985. The van der Waals surface area contributed by atoms with Gasteiger partial charge in [-0.1, -0.05) is 24.3 Å². The zero-order chi connectivity index (χ0) is 18.7. The van der Waals surface area contributed by atoms with Gasteiger partial charge in [-0.2, -0.15) is 0 Å². The molecule has 134 valence electrons. The molecule has 0 aromatic heterocycles. The van der Waals surface area contributed by atoms with Gasteiger partial charge in [-0.25, -0.2) is 13.1 Å². The lowest BCUT2D eigenvalue weighted by Gasteiger charge is -2.16. The summed E-state index contributed by atoms with van der Waals surface area (Å²) in [5.41, 5.74) is 1.29. The fourth-order valence-electron chi connectivity index (χ4n) is 2.54. The minimum absolute atomic E-state index is 0.0295. The van der Waals surface area contributed by atoms with Crippen LogP contribution in [0.25, 0.3) is 0 Å². The topological polar surface area (TPSA) is 113 Å². The maximum absolute atomic E-state index is 12.5. The SMILES string of the molecule is O=C1C=C(Nc2ccc(S(=O)(=O)NCCO)cc2)C(=O)c2ccccc21. The van der Waals surface area contributed by atoms with E-state index in [0.717, 1.165) is 0 Å². The first-order valence-electron chi connectivity index (χ1n) is 7.80. The van der Waals surface area contributed by atoms with Crippen molar-refractivity contribution < 1.29 is 23.1 Å². The quantitative estimate of drug-likeness (QED) is 0.705. The summed E-state index contributed by atoms with van der Waals surface area (Å²) in [5, 5.41) is 11.6. The number of hydrogen-bond acceptors (Lipinski definition) is 6. The Morgan fingerprint density at radius 2 is 1.58 bits per heavy atom. The Hall–Kier alpha value is -2.81. The molecule has 0 atom stereocenters. The van der Waals surface area contributed by atoms with Crippen LogP contribution in [0.1, 0.15) is 20.7 Å². The number of fused-ring (bicyclic) bond motifs is 1. The van der Waals surface area contributed by atoms with Crippen LogP contribution in [-0.4, -0.2) is 38.2 Å². The molecule has 26 heavy (non-hydrogen) atoms. The number of rotatable bonds is 6. The molecule has 2 aromatic rings. The van der Waals surface area contributed by atoms with Crippen LogP contribution in [0.3, 0.4) is 0 Å². The van der Waals surface area contributed by atoms with Gasteiger partial charge in [-0.15, -0.1) is 0 Å². The monoisotopic (exact) mass is 372 g/mol. The number of benzene rings is 2. The van der Waals surface area contributed by atoms with Gasteiger partial charge in [-0.05, 0) is 24.3 Å². The van der Waals surface area contributed by atoms with Crippen molar-refractivity contribution in [3.8, 4) is 0 Å². The first kappa shape index (κ1) is 18.0. The highest BCUT2D eigenvalue weighted by molar-refractivity contribution is 7.89. The highest BCUT2D eigenvalue weighted by atomic mass is 32.2. The van der Waals surface area contributed by atoms with Gasteiger partial charge < -0.3 is 10.4 Å². The van der Waals surface area contributed by atoms with Crippen LogP contribution in [0.15, 0.2) is 65.2 Å². The van der Waals surface area contributed by atoms with Crippen LogP contribution >= 0.6 is 0 Å². The molecule has 0 saturated heterocycles. The molecule has 0 radical (unpaired) electrons. The number of carbonyl (C=O) groups is 2. The molecule has 0 aliphatic heterocycles. The van der Waals surface area contributed by atoms with E-state index >= 15 is 0 Å². The molecule has 7 nitrogen and oxygen atoms in total. The molecule has 3 N–H and O–H groups in total. The molecule has 0 heterocycles. The number of ketones is 2. The summed E-state index contributed by atoms with van der Waals surface area (Å²) in [7, 11) is -3.71. The highest BCUT2D eigenvalue weighted by Gasteiger charge is 2.25. The van der Waals surface area contributed by atoms with Crippen molar-refractivity contribution in [1.29, 1.82) is 0 Å². The molecule has 0 fully saturated rings. The Labute approximate surface area is 150 Å². The van der Waals surface area contributed by atoms with Gasteiger partial charge in [0.25, 0.3) is 0 Å². The van der Waals surface area contributed by atoms with Crippen LogP contribution in [-0.2, 0) is 10.0 Å². The van der Waals surface area contributed by atoms with Gasteiger partial charge in [0.05, 0.1) is 17.2 Å². The van der Waals surface area contributed by atoms with Gasteiger partial charge in [-0.3, -0.25) is 9.59 Å². The summed E-state index contributed by atoms with van der Waals surface area (Å²) in [6, 6.07) is 12.3. The van der Waals surface area contributed by atoms with E-state index in [4.69, 9.17) is 5.11 Å². The van der Waals surface area contributed by atoms with Gasteiger partial charge >= 0.3 is 0 Å².